The number of carbonyl (C=O) groups is 1. The van der Waals surface area contributed by atoms with Gasteiger partial charge >= 0.3 is 0 Å². The fourth-order valence-corrected chi connectivity index (χ4v) is 0.766. The summed E-state index contributed by atoms with van der Waals surface area (Å²) in [6.45, 7) is 1.85. The summed E-state index contributed by atoms with van der Waals surface area (Å²) in [7, 11) is 1.78. The Morgan fingerprint density at radius 2 is 2.25 bits per heavy atom. The van der Waals surface area contributed by atoms with Crippen LogP contribution in [0, 0.1) is 0 Å². The van der Waals surface area contributed by atoms with E-state index in [1.165, 1.54) is 11.8 Å². The Hall–Kier alpha value is -0.0200. The van der Waals surface area contributed by atoms with E-state index in [0.717, 1.165) is 0 Å². The molecule has 0 saturated heterocycles. The molecule has 8 heavy (non-hydrogen) atoms. The molecule has 0 aliphatic heterocycles. The predicted molar refractivity (Wildman–Crippen MR) is 37.0 cm³/mol. The molecule has 1 atom stereocenters. The SMILES string of the molecule is CN[C@@H](C)C(=O)SC. The molecule has 1 N–H and O–H groups in total. The lowest BCUT2D eigenvalue weighted by Gasteiger charge is -2.03. The zero-order chi connectivity index (χ0) is 6.57. The minimum Gasteiger partial charge on any atom is -0.310 e. The normalized spacial score (nSPS) is 13.4. The van der Waals surface area contributed by atoms with E-state index in [2.05, 4.69) is 5.32 Å². The molecule has 0 aromatic heterocycles. The molecule has 3 heteroatoms. The molecule has 0 aromatic carbocycles. The fraction of sp³-hybridized carbons (Fsp3) is 0.800. The highest BCUT2D eigenvalue weighted by Crippen LogP contribution is 1.97. The lowest BCUT2D eigenvalue weighted by Crippen LogP contribution is -2.28. The first-order chi connectivity index (χ1) is 3.72. The summed E-state index contributed by atoms with van der Waals surface area (Å²) < 4.78 is 0. The van der Waals surface area contributed by atoms with Gasteiger partial charge in [0.25, 0.3) is 0 Å². The van der Waals surface area contributed by atoms with Crippen molar-refractivity contribution in [3.8, 4) is 0 Å². The van der Waals surface area contributed by atoms with Crippen LogP contribution in [0.5, 0.6) is 0 Å². The van der Waals surface area contributed by atoms with E-state index in [0.29, 0.717) is 0 Å². The summed E-state index contributed by atoms with van der Waals surface area (Å²) in [5.41, 5.74) is 0. The van der Waals surface area contributed by atoms with Crippen LogP contribution in [-0.4, -0.2) is 24.5 Å². The van der Waals surface area contributed by atoms with Crippen molar-refractivity contribution in [2.45, 2.75) is 13.0 Å². The van der Waals surface area contributed by atoms with E-state index in [4.69, 9.17) is 0 Å². The molecule has 0 saturated carbocycles. The first-order valence-corrected chi connectivity index (χ1v) is 3.70. The maximum Gasteiger partial charge on any atom is 0.205 e. The van der Waals surface area contributed by atoms with Crippen molar-refractivity contribution in [3.63, 3.8) is 0 Å². The van der Waals surface area contributed by atoms with Crippen LogP contribution in [0.2, 0.25) is 0 Å². The Morgan fingerprint density at radius 1 is 1.75 bits per heavy atom. The molecular weight excluding hydrogens is 122 g/mol. The van der Waals surface area contributed by atoms with Crippen LogP contribution in [0.3, 0.4) is 0 Å². The van der Waals surface area contributed by atoms with Crippen LogP contribution in [0.15, 0.2) is 0 Å². The van der Waals surface area contributed by atoms with Gasteiger partial charge in [0, 0.05) is 0 Å². The molecule has 48 valence electrons. The lowest BCUT2D eigenvalue weighted by molar-refractivity contribution is -0.112. The topological polar surface area (TPSA) is 29.1 Å². The van der Waals surface area contributed by atoms with Crippen LogP contribution in [0.4, 0.5) is 0 Å². The third kappa shape index (κ3) is 2.33. The number of hydrogen-bond acceptors (Lipinski definition) is 3. The van der Waals surface area contributed by atoms with Crippen molar-refractivity contribution in [2.75, 3.05) is 13.3 Å². The van der Waals surface area contributed by atoms with Crippen molar-refractivity contribution in [3.05, 3.63) is 0 Å². The van der Waals surface area contributed by atoms with Crippen LogP contribution >= 0.6 is 11.8 Å². The average Bonchev–Trinajstić information content (AvgIpc) is 1.84. The van der Waals surface area contributed by atoms with Gasteiger partial charge in [-0.15, -0.1) is 0 Å². The standard InChI is InChI=1S/C5H11NOS/c1-4(6-2)5(7)8-3/h4,6H,1-3H3/t4-/m0/s1. The zero-order valence-corrected chi connectivity index (χ0v) is 6.21. The number of thioether (sulfide) groups is 1. The maximum absolute atomic E-state index is 10.6. The molecule has 0 amide bonds. The first kappa shape index (κ1) is 7.98. The number of rotatable bonds is 2. The molecule has 0 heterocycles. The Balaban J connectivity index is 3.46. The highest BCUT2D eigenvalue weighted by atomic mass is 32.2. The minimum absolute atomic E-state index is 0.00926. The van der Waals surface area contributed by atoms with Gasteiger partial charge in [-0.25, -0.2) is 0 Å². The van der Waals surface area contributed by atoms with Crippen LogP contribution in [0.1, 0.15) is 6.92 Å². The molecule has 2 nitrogen and oxygen atoms in total. The minimum atomic E-state index is -0.00926. The zero-order valence-electron chi connectivity index (χ0n) is 5.39. The van der Waals surface area contributed by atoms with E-state index in [-0.39, 0.29) is 11.2 Å². The summed E-state index contributed by atoms with van der Waals surface area (Å²) >= 11 is 1.26. The van der Waals surface area contributed by atoms with Crippen molar-refractivity contribution >= 4 is 16.9 Å². The fourth-order valence-electron chi connectivity index (χ4n) is 0.295. The highest BCUT2D eigenvalue weighted by Gasteiger charge is 2.06. The number of nitrogens with one attached hydrogen (secondary N) is 1. The molecule has 0 aliphatic rings. The second-order valence-corrected chi connectivity index (χ2v) is 2.34. The number of likely N-dealkylation sites (N-methyl/N-ethyl adjacent to an activating group) is 1. The lowest BCUT2D eigenvalue weighted by atomic mass is 10.4. The maximum atomic E-state index is 10.6. The van der Waals surface area contributed by atoms with Crippen molar-refractivity contribution < 1.29 is 4.79 Å². The van der Waals surface area contributed by atoms with E-state index >= 15 is 0 Å². The van der Waals surface area contributed by atoms with E-state index in [9.17, 15) is 4.79 Å². The van der Waals surface area contributed by atoms with Crippen molar-refractivity contribution in [1.82, 2.24) is 5.32 Å². The van der Waals surface area contributed by atoms with Gasteiger partial charge in [0.2, 0.25) is 5.12 Å². The Labute approximate surface area is 54.0 Å². The molecule has 0 spiro atoms. The Morgan fingerprint density at radius 3 is 2.38 bits per heavy atom. The highest BCUT2D eigenvalue weighted by molar-refractivity contribution is 8.13. The average molecular weight is 133 g/mol. The van der Waals surface area contributed by atoms with Gasteiger partial charge in [0.1, 0.15) is 0 Å². The van der Waals surface area contributed by atoms with E-state index < -0.39 is 0 Å². The third-order valence-corrected chi connectivity index (χ3v) is 1.74. The van der Waals surface area contributed by atoms with Gasteiger partial charge in [-0.05, 0) is 20.2 Å². The van der Waals surface area contributed by atoms with Gasteiger partial charge < -0.3 is 5.32 Å². The monoisotopic (exact) mass is 133 g/mol. The van der Waals surface area contributed by atoms with E-state index in [1.54, 1.807) is 13.3 Å². The third-order valence-electron chi connectivity index (χ3n) is 0.988. The molecule has 0 rings (SSSR count). The largest absolute Gasteiger partial charge is 0.310 e. The quantitative estimate of drug-likeness (QED) is 0.594. The second kappa shape index (κ2) is 3.92. The van der Waals surface area contributed by atoms with Gasteiger partial charge in [-0.1, -0.05) is 11.8 Å². The van der Waals surface area contributed by atoms with Crippen LogP contribution in [-0.2, 0) is 4.79 Å². The molecule has 0 radical (unpaired) electrons. The molecule has 0 aromatic rings. The summed E-state index contributed by atoms with van der Waals surface area (Å²) in [5, 5.41) is 3.03. The second-order valence-electron chi connectivity index (χ2n) is 1.53. The van der Waals surface area contributed by atoms with Gasteiger partial charge in [-0.2, -0.15) is 0 Å². The predicted octanol–water partition coefficient (Wildman–Crippen LogP) is 0.484. The summed E-state index contributed by atoms with van der Waals surface area (Å²) in [6, 6.07) is -0.00926. The first-order valence-electron chi connectivity index (χ1n) is 2.47. The van der Waals surface area contributed by atoms with E-state index in [1.807, 2.05) is 6.92 Å². The van der Waals surface area contributed by atoms with Gasteiger partial charge in [0.05, 0.1) is 6.04 Å². The molecule has 0 aliphatic carbocycles. The Bertz CT molecular complexity index is 84.5. The molecule has 0 fully saturated rings. The molecule has 0 bridgehead atoms. The van der Waals surface area contributed by atoms with Crippen LogP contribution in [0.25, 0.3) is 0 Å². The van der Waals surface area contributed by atoms with Gasteiger partial charge in [-0.3, -0.25) is 4.79 Å². The summed E-state index contributed by atoms with van der Waals surface area (Å²) in [5.74, 6) is 0. The summed E-state index contributed by atoms with van der Waals surface area (Å²) in [6.07, 6.45) is 1.79. The number of hydrogen-bond donors (Lipinski definition) is 1. The van der Waals surface area contributed by atoms with Crippen molar-refractivity contribution in [2.24, 2.45) is 0 Å². The molecular formula is C5H11NOS. The number of carbonyl (C=O) groups excluding carboxylic acids is 1. The van der Waals surface area contributed by atoms with Crippen molar-refractivity contribution in [1.29, 1.82) is 0 Å². The smallest absolute Gasteiger partial charge is 0.205 e. The summed E-state index contributed by atoms with van der Waals surface area (Å²) in [4.78, 5) is 10.6. The van der Waals surface area contributed by atoms with Crippen LogP contribution < -0.4 is 5.32 Å². The molecule has 0 unspecified atom stereocenters. The van der Waals surface area contributed by atoms with Gasteiger partial charge in [0.15, 0.2) is 0 Å². The Kier molecular flexibility index (Phi) is 3.91.